The van der Waals surface area contributed by atoms with E-state index in [1.54, 1.807) is 4.57 Å². The fourth-order valence-electron chi connectivity index (χ4n) is 4.38. The summed E-state index contributed by atoms with van der Waals surface area (Å²) >= 11 is 0. The first-order chi connectivity index (χ1) is 14.4. The van der Waals surface area contributed by atoms with E-state index in [4.69, 9.17) is 10.5 Å². The summed E-state index contributed by atoms with van der Waals surface area (Å²) in [4.78, 5) is 26.4. The van der Waals surface area contributed by atoms with Gasteiger partial charge in [0.15, 0.2) is 11.6 Å². The van der Waals surface area contributed by atoms with E-state index in [9.17, 15) is 14.7 Å². The summed E-state index contributed by atoms with van der Waals surface area (Å²) < 4.78 is 22.9. The third-order valence-electron chi connectivity index (χ3n) is 6.04. The highest BCUT2D eigenvalue weighted by molar-refractivity contribution is 6.03. The van der Waals surface area contributed by atoms with Gasteiger partial charge in [-0.3, -0.25) is 4.79 Å². The van der Waals surface area contributed by atoms with Crippen molar-refractivity contribution in [2.75, 3.05) is 43.9 Å². The number of methoxy groups -OCH3 is 1. The summed E-state index contributed by atoms with van der Waals surface area (Å²) in [5, 5.41) is 12.7. The molecule has 4 rings (SSSR count). The van der Waals surface area contributed by atoms with E-state index in [-0.39, 0.29) is 28.6 Å². The second-order valence-electron chi connectivity index (χ2n) is 8.06. The number of halogens is 1. The van der Waals surface area contributed by atoms with Gasteiger partial charge in [0.25, 0.3) is 0 Å². The molecule has 2 fully saturated rings. The maximum absolute atomic E-state index is 15.5. The first kappa shape index (κ1) is 20.5. The van der Waals surface area contributed by atoms with Gasteiger partial charge in [-0.1, -0.05) is 6.92 Å². The lowest BCUT2D eigenvalue weighted by Crippen LogP contribution is -2.28. The highest BCUT2D eigenvalue weighted by Crippen LogP contribution is 2.46. The van der Waals surface area contributed by atoms with Gasteiger partial charge in [0.1, 0.15) is 11.3 Å². The van der Waals surface area contributed by atoms with Crippen LogP contribution in [0.3, 0.4) is 0 Å². The summed E-state index contributed by atoms with van der Waals surface area (Å²) in [7, 11) is 1.44. The Morgan fingerprint density at radius 2 is 2.13 bits per heavy atom. The average Bonchev–Trinajstić information content (AvgIpc) is 3.46. The number of hydrogen-bond donors (Lipinski definition) is 3. The molecule has 1 saturated heterocycles. The number of rotatable bonds is 7. The molecule has 0 amide bonds. The fourth-order valence-corrected chi connectivity index (χ4v) is 4.38. The number of hydrogen-bond acceptors (Lipinski definition) is 6. The van der Waals surface area contributed by atoms with Crippen molar-refractivity contribution in [3.8, 4) is 5.75 Å². The Labute approximate surface area is 173 Å². The predicted octanol–water partition coefficient (Wildman–Crippen LogP) is 2.20. The van der Waals surface area contributed by atoms with Crippen LogP contribution in [-0.2, 0) is 0 Å². The topological polar surface area (TPSA) is 110 Å². The Kier molecular flexibility index (Phi) is 5.31. The average molecular weight is 418 g/mol. The van der Waals surface area contributed by atoms with Gasteiger partial charge in [0, 0.05) is 25.3 Å². The van der Waals surface area contributed by atoms with E-state index >= 15 is 4.39 Å². The molecular weight excluding hydrogens is 391 g/mol. The summed E-state index contributed by atoms with van der Waals surface area (Å²) in [6.07, 6.45) is 3.94. The molecule has 2 heterocycles. The molecule has 30 heavy (non-hydrogen) atoms. The number of ether oxygens (including phenoxy) is 1. The number of benzene rings is 1. The molecule has 4 N–H and O–H groups in total. The van der Waals surface area contributed by atoms with E-state index in [0.29, 0.717) is 24.5 Å². The summed E-state index contributed by atoms with van der Waals surface area (Å²) in [5.74, 6) is -1.48. The number of aromatic carboxylic acids is 1. The Morgan fingerprint density at radius 3 is 2.73 bits per heavy atom. The van der Waals surface area contributed by atoms with Crippen LogP contribution in [0.4, 0.5) is 15.8 Å². The van der Waals surface area contributed by atoms with Crippen LogP contribution in [0, 0.1) is 11.7 Å². The minimum absolute atomic E-state index is 0.0397. The number of fused-ring (bicyclic) bond motifs is 1. The van der Waals surface area contributed by atoms with E-state index in [1.165, 1.54) is 13.3 Å². The van der Waals surface area contributed by atoms with Crippen molar-refractivity contribution in [1.29, 1.82) is 0 Å². The molecule has 8 nitrogen and oxygen atoms in total. The van der Waals surface area contributed by atoms with Crippen molar-refractivity contribution >= 4 is 28.2 Å². The van der Waals surface area contributed by atoms with E-state index < -0.39 is 22.8 Å². The molecule has 1 atom stereocenters. The quantitative estimate of drug-likeness (QED) is 0.591. The Hall–Kier alpha value is -2.81. The largest absolute Gasteiger partial charge is 0.492 e. The lowest BCUT2D eigenvalue weighted by molar-refractivity contribution is 0.0695. The number of anilines is 2. The predicted molar refractivity (Wildman–Crippen MR) is 113 cm³/mol. The van der Waals surface area contributed by atoms with Crippen LogP contribution in [-0.4, -0.2) is 48.9 Å². The minimum atomic E-state index is -1.36. The first-order valence-electron chi connectivity index (χ1n) is 10.3. The SMILES string of the molecule is CCNCC1CCN(c2c(F)c(N)c3c(=O)c(C(=O)O)cn(C4CC4)c3c2OC)C1. The van der Waals surface area contributed by atoms with E-state index in [1.807, 2.05) is 11.8 Å². The third kappa shape index (κ3) is 3.27. The number of carboxylic acids is 1. The zero-order chi connectivity index (χ0) is 21.6. The monoisotopic (exact) mass is 418 g/mol. The van der Waals surface area contributed by atoms with E-state index in [0.717, 1.165) is 32.4 Å². The van der Waals surface area contributed by atoms with Crippen LogP contribution in [0.15, 0.2) is 11.0 Å². The van der Waals surface area contributed by atoms with Gasteiger partial charge >= 0.3 is 5.97 Å². The molecule has 0 radical (unpaired) electrons. The molecule has 1 aromatic carbocycles. The van der Waals surface area contributed by atoms with Crippen LogP contribution in [0.25, 0.3) is 10.9 Å². The van der Waals surface area contributed by atoms with Gasteiger partial charge in [-0.2, -0.15) is 0 Å². The molecule has 9 heteroatoms. The van der Waals surface area contributed by atoms with Crippen LogP contribution in [0.1, 0.15) is 42.6 Å². The Morgan fingerprint density at radius 1 is 1.40 bits per heavy atom. The van der Waals surface area contributed by atoms with Crippen LogP contribution in [0.5, 0.6) is 5.75 Å². The van der Waals surface area contributed by atoms with Crippen LogP contribution >= 0.6 is 0 Å². The van der Waals surface area contributed by atoms with Gasteiger partial charge in [-0.15, -0.1) is 0 Å². The maximum atomic E-state index is 15.5. The molecule has 1 unspecified atom stereocenters. The number of nitrogens with two attached hydrogens (primary N) is 1. The molecule has 1 saturated carbocycles. The number of carbonyl (C=O) groups is 1. The van der Waals surface area contributed by atoms with Gasteiger partial charge in [-0.05, 0) is 38.3 Å². The van der Waals surface area contributed by atoms with Gasteiger partial charge in [0.05, 0.1) is 23.7 Å². The number of nitrogen functional groups attached to an aromatic ring is 1. The molecule has 0 spiro atoms. The molecule has 0 bridgehead atoms. The molecule has 1 aliphatic carbocycles. The zero-order valence-electron chi connectivity index (χ0n) is 17.2. The number of nitrogens with one attached hydrogen (secondary N) is 1. The Bertz CT molecular complexity index is 1060. The molecule has 1 aromatic heterocycles. The number of carboxylic acid groups (broad SMARTS) is 1. The minimum Gasteiger partial charge on any atom is -0.492 e. The van der Waals surface area contributed by atoms with Crippen molar-refractivity contribution in [1.82, 2.24) is 9.88 Å². The number of pyridine rings is 1. The van der Waals surface area contributed by atoms with Gasteiger partial charge in [-0.25, -0.2) is 9.18 Å². The van der Waals surface area contributed by atoms with Crippen molar-refractivity contribution < 1.29 is 19.0 Å². The highest BCUT2D eigenvalue weighted by atomic mass is 19.1. The van der Waals surface area contributed by atoms with Crippen molar-refractivity contribution in [3.63, 3.8) is 0 Å². The second kappa shape index (κ2) is 7.79. The smallest absolute Gasteiger partial charge is 0.341 e. The van der Waals surface area contributed by atoms with Gasteiger partial charge < -0.3 is 30.4 Å². The molecule has 2 aromatic rings. The highest BCUT2D eigenvalue weighted by Gasteiger charge is 2.34. The van der Waals surface area contributed by atoms with Crippen molar-refractivity contribution in [3.05, 3.63) is 27.8 Å². The molecular formula is C21H27FN4O4. The van der Waals surface area contributed by atoms with Crippen LogP contribution < -0.4 is 26.1 Å². The summed E-state index contributed by atoms with van der Waals surface area (Å²) in [6, 6.07) is 0.0397. The molecule has 1 aliphatic heterocycles. The maximum Gasteiger partial charge on any atom is 0.341 e. The summed E-state index contributed by atoms with van der Waals surface area (Å²) in [5.41, 5.74) is 5.21. The van der Waals surface area contributed by atoms with Crippen LogP contribution in [0.2, 0.25) is 0 Å². The normalized spacial score (nSPS) is 18.9. The standard InChI is InChI=1S/C21H27FN4O4/c1-3-24-8-11-6-7-25(9-11)18-15(22)16(23)14-17(20(18)30-2)26(12-4-5-12)10-13(19(14)27)21(28)29/h10-12,24H,3-9,23H2,1-2H3,(H,28,29). The lowest BCUT2D eigenvalue weighted by atomic mass is 10.1. The van der Waals surface area contributed by atoms with Crippen molar-refractivity contribution in [2.45, 2.75) is 32.2 Å². The second-order valence-corrected chi connectivity index (χ2v) is 8.06. The van der Waals surface area contributed by atoms with Crippen molar-refractivity contribution in [2.24, 2.45) is 5.92 Å². The fraction of sp³-hybridized carbons (Fsp3) is 0.524. The number of aromatic nitrogens is 1. The molecule has 162 valence electrons. The van der Waals surface area contributed by atoms with E-state index in [2.05, 4.69) is 5.32 Å². The third-order valence-corrected chi connectivity index (χ3v) is 6.04. The summed E-state index contributed by atoms with van der Waals surface area (Å²) in [6.45, 7) is 5.05. The number of nitrogens with zero attached hydrogens (tertiary/aromatic N) is 2. The first-order valence-corrected chi connectivity index (χ1v) is 10.3. The molecule has 2 aliphatic rings. The van der Waals surface area contributed by atoms with Gasteiger partial charge in [0.2, 0.25) is 5.43 Å². The Balaban J connectivity index is 1.94. The lowest BCUT2D eigenvalue weighted by Gasteiger charge is -2.26. The zero-order valence-corrected chi connectivity index (χ0v) is 17.2.